The highest BCUT2D eigenvalue weighted by atomic mass is 32.1. The van der Waals surface area contributed by atoms with Crippen molar-refractivity contribution in [1.82, 2.24) is 15.2 Å². The molecule has 1 aliphatic rings. The molecule has 0 aliphatic heterocycles. The average Bonchev–Trinajstić information content (AvgIpc) is 3.05. The molecule has 6 heteroatoms. The first-order valence-corrected chi connectivity index (χ1v) is 8.08. The van der Waals surface area contributed by atoms with Gasteiger partial charge in [0.25, 0.3) is 0 Å². The molecule has 1 aromatic rings. The van der Waals surface area contributed by atoms with Crippen LogP contribution < -0.4 is 5.32 Å². The first kappa shape index (κ1) is 15.3. The summed E-state index contributed by atoms with van der Waals surface area (Å²) in [6, 6.07) is -0.102. The Kier molecular flexibility index (Phi) is 5.37. The number of hydrogen-bond acceptors (Lipinski definition) is 4. The van der Waals surface area contributed by atoms with Crippen molar-refractivity contribution in [3.8, 4) is 0 Å². The van der Waals surface area contributed by atoms with E-state index in [1.165, 1.54) is 0 Å². The second-order valence-corrected chi connectivity index (χ2v) is 6.33. The van der Waals surface area contributed by atoms with E-state index in [1.807, 2.05) is 5.38 Å². The summed E-state index contributed by atoms with van der Waals surface area (Å²) in [6.07, 6.45) is 3.59. The zero-order valence-electron chi connectivity index (χ0n) is 12.1. The summed E-state index contributed by atoms with van der Waals surface area (Å²) in [7, 11) is 1.78. The predicted octanol–water partition coefficient (Wildman–Crippen LogP) is 2.01. The first-order valence-electron chi connectivity index (χ1n) is 7.20. The fourth-order valence-electron chi connectivity index (χ4n) is 2.56. The van der Waals surface area contributed by atoms with Crippen LogP contribution in [0.2, 0.25) is 0 Å². The van der Waals surface area contributed by atoms with Gasteiger partial charge in [-0.2, -0.15) is 0 Å². The largest absolute Gasteiger partial charge is 0.393 e. The van der Waals surface area contributed by atoms with Crippen molar-refractivity contribution in [2.24, 2.45) is 5.92 Å². The molecule has 2 N–H and O–H groups in total. The van der Waals surface area contributed by atoms with Gasteiger partial charge >= 0.3 is 6.03 Å². The molecule has 0 saturated heterocycles. The van der Waals surface area contributed by atoms with Gasteiger partial charge in [-0.15, -0.1) is 11.3 Å². The van der Waals surface area contributed by atoms with Gasteiger partial charge in [0, 0.05) is 24.9 Å². The number of carbonyl (C=O) groups excluding carboxylic acids is 1. The highest BCUT2D eigenvalue weighted by molar-refractivity contribution is 7.09. The standard InChI is InChI=1S/C14H23N3O2S/c1-3-13-16-11(9-20-13)7-15-14(19)17(2)8-10-5-4-6-12(10)18/h9-10,12,18H,3-8H2,1-2H3,(H,15,19). The van der Waals surface area contributed by atoms with Crippen LogP contribution in [0, 0.1) is 5.92 Å². The molecule has 1 aliphatic carbocycles. The van der Waals surface area contributed by atoms with Gasteiger partial charge in [0.1, 0.15) is 0 Å². The first-order chi connectivity index (χ1) is 9.60. The number of nitrogens with zero attached hydrogens (tertiary/aromatic N) is 2. The van der Waals surface area contributed by atoms with Crippen LogP contribution in [0.5, 0.6) is 0 Å². The van der Waals surface area contributed by atoms with Crippen LogP contribution in [-0.2, 0) is 13.0 Å². The Hall–Kier alpha value is -1.14. The highest BCUT2D eigenvalue weighted by Gasteiger charge is 2.27. The van der Waals surface area contributed by atoms with E-state index in [4.69, 9.17) is 0 Å². The molecule has 2 unspecified atom stereocenters. The molecule has 1 saturated carbocycles. The fourth-order valence-corrected chi connectivity index (χ4v) is 3.30. The number of aryl methyl sites for hydroxylation is 1. The van der Waals surface area contributed by atoms with Crippen molar-refractivity contribution in [2.75, 3.05) is 13.6 Å². The van der Waals surface area contributed by atoms with Crippen molar-refractivity contribution >= 4 is 17.4 Å². The lowest BCUT2D eigenvalue weighted by Crippen LogP contribution is -2.40. The highest BCUT2D eigenvalue weighted by Crippen LogP contribution is 2.25. The summed E-state index contributed by atoms with van der Waals surface area (Å²) in [6.45, 7) is 3.15. The molecule has 1 heterocycles. The van der Waals surface area contributed by atoms with Crippen molar-refractivity contribution in [3.05, 3.63) is 16.1 Å². The van der Waals surface area contributed by atoms with E-state index in [0.717, 1.165) is 36.4 Å². The molecule has 2 atom stereocenters. The summed E-state index contributed by atoms with van der Waals surface area (Å²) >= 11 is 1.63. The Morgan fingerprint density at radius 2 is 2.40 bits per heavy atom. The zero-order valence-corrected chi connectivity index (χ0v) is 12.9. The molecule has 0 radical (unpaired) electrons. The Bertz CT molecular complexity index is 449. The normalized spacial score (nSPS) is 21.9. The lowest BCUT2D eigenvalue weighted by Gasteiger charge is -2.23. The third kappa shape index (κ3) is 3.93. The van der Waals surface area contributed by atoms with E-state index in [2.05, 4.69) is 17.2 Å². The van der Waals surface area contributed by atoms with E-state index < -0.39 is 0 Å². The van der Waals surface area contributed by atoms with Crippen LogP contribution >= 0.6 is 11.3 Å². The average molecular weight is 297 g/mol. The van der Waals surface area contributed by atoms with Crippen LogP contribution in [0.1, 0.15) is 36.9 Å². The topological polar surface area (TPSA) is 65.5 Å². The Labute approximate surface area is 124 Å². The van der Waals surface area contributed by atoms with E-state index in [0.29, 0.717) is 13.1 Å². The minimum atomic E-state index is -0.254. The van der Waals surface area contributed by atoms with Gasteiger partial charge < -0.3 is 15.3 Å². The quantitative estimate of drug-likeness (QED) is 0.873. The number of rotatable bonds is 5. The number of carbonyl (C=O) groups is 1. The number of nitrogens with one attached hydrogen (secondary N) is 1. The van der Waals surface area contributed by atoms with E-state index in [-0.39, 0.29) is 18.1 Å². The third-order valence-corrected chi connectivity index (χ3v) is 4.84. The zero-order chi connectivity index (χ0) is 14.5. The maximum Gasteiger partial charge on any atom is 0.317 e. The van der Waals surface area contributed by atoms with Crippen LogP contribution in [0.4, 0.5) is 4.79 Å². The number of urea groups is 1. The number of hydrogen-bond donors (Lipinski definition) is 2. The summed E-state index contributed by atoms with van der Waals surface area (Å²) in [5.74, 6) is 0.219. The summed E-state index contributed by atoms with van der Waals surface area (Å²) < 4.78 is 0. The van der Waals surface area contributed by atoms with Gasteiger partial charge in [0.2, 0.25) is 0 Å². The predicted molar refractivity (Wildman–Crippen MR) is 79.7 cm³/mol. The molecular formula is C14H23N3O2S. The molecule has 0 bridgehead atoms. The molecule has 112 valence electrons. The lowest BCUT2D eigenvalue weighted by atomic mass is 10.1. The lowest BCUT2D eigenvalue weighted by molar-refractivity contribution is 0.114. The van der Waals surface area contributed by atoms with Crippen molar-refractivity contribution in [3.63, 3.8) is 0 Å². The minimum absolute atomic E-state index is 0.102. The number of aliphatic hydroxyl groups is 1. The van der Waals surface area contributed by atoms with Crippen LogP contribution in [0.3, 0.4) is 0 Å². The van der Waals surface area contributed by atoms with Crippen molar-refractivity contribution in [2.45, 2.75) is 45.3 Å². The van der Waals surface area contributed by atoms with Crippen LogP contribution in [0.25, 0.3) is 0 Å². The molecule has 5 nitrogen and oxygen atoms in total. The van der Waals surface area contributed by atoms with Gasteiger partial charge in [-0.3, -0.25) is 0 Å². The second-order valence-electron chi connectivity index (χ2n) is 5.38. The van der Waals surface area contributed by atoms with Crippen LogP contribution in [-0.4, -0.2) is 40.7 Å². The fraction of sp³-hybridized carbons (Fsp3) is 0.714. The Morgan fingerprint density at radius 1 is 1.60 bits per heavy atom. The van der Waals surface area contributed by atoms with E-state index in [1.54, 1.807) is 23.3 Å². The number of aliphatic hydroxyl groups excluding tert-OH is 1. The Balaban J connectivity index is 1.76. The molecule has 1 fully saturated rings. The van der Waals surface area contributed by atoms with Gasteiger partial charge in [-0.05, 0) is 19.3 Å². The molecule has 20 heavy (non-hydrogen) atoms. The molecular weight excluding hydrogens is 274 g/mol. The summed E-state index contributed by atoms with van der Waals surface area (Å²) in [4.78, 5) is 18.1. The third-order valence-electron chi connectivity index (χ3n) is 3.80. The second kappa shape index (κ2) is 7.04. The maximum absolute atomic E-state index is 12.0. The SMILES string of the molecule is CCc1nc(CNC(=O)N(C)CC2CCCC2O)cs1. The minimum Gasteiger partial charge on any atom is -0.393 e. The Morgan fingerprint density at radius 3 is 3.00 bits per heavy atom. The van der Waals surface area contributed by atoms with Crippen molar-refractivity contribution < 1.29 is 9.90 Å². The van der Waals surface area contributed by atoms with Gasteiger partial charge in [-0.25, -0.2) is 9.78 Å². The number of thiazole rings is 1. The number of aromatic nitrogens is 1. The van der Waals surface area contributed by atoms with Crippen molar-refractivity contribution in [1.29, 1.82) is 0 Å². The monoisotopic (exact) mass is 297 g/mol. The molecule has 1 aromatic heterocycles. The molecule has 2 rings (SSSR count). The maximum atomic E-state index is 12.0. The smallest absolute Gasteiger partial charge is 0.317 e. The van der Waals surface area contributed by atoms with E-state index >= 15 is 0 Å². The van der Waals surface area contributed by atoms with Crippen LogP contribution in [0.15, 0.2) is 5.38 Å². The molecule has 0 aromatic carbocycles. The van der Waals surface area contributed by atoms with Gasteiger partial charge in [0.15, 0.2) is 0 Å². The summed E-state index contributed by atoms with van der Waals surface area (Å²) in [5.41, 5.74) is 0.912. The molecule has 0 spiro atoms. The summed E-state index contributed by atoms with van der Waals surface area (Å²) in [5, 5.41) is 15.7. The van der Waals surface area contributed by atoms with E-state index in [9.17, 15) is 9.90 Å². The number of amides is 2. The molecule has 2 amide bonds. The van der Waals surface area contributed by atoms with Gasteiger partial charge in [0.05, 0.1) is 23.4 Å². The van der Waals surface area contributed by atoms with Gasteiger partial charge in [-0.1, -0.05) is 13.3 Å².